The lowest BCUT2D eigenvalue weighted by Gasteiger charge is -2.29. The highest BCUT2D eigenvalue weighted by atomic mass is 19.3. The van der Waals surface area contributed by atoms with E-state index in [2.05, 4.69) is 0 Å². The molecule has 1 aliphatic rings. The number of alkyl halides is 2. The average molecular weight is 316 g/mol. The van der Waals surface area contributed by atoms with E-state index < -0.39 is 17.7 Å². The van der Waals surface area contributed by atoms with Crippen LogP contribution in [0.3, 0.4) is 0 Å². The second kappa shape index (κ2) is 6.69. The minimum absolute atomic E-state index is 0.00816. The van der Waals surface area contributed by atoms with Gasteiger partial charge in [0.1, 0.15) is 5.82 Å². The molecule has 1 saturated carbocycles. The third kappa shape index (κ3) is 3.80. The molecule has 3 nitrogen and oxygen atoms in total. The molecule has 0 atom stereocenters. The molecule has 0 saturated heterocycles. The largest absolute Gasteiger partial charge is 0.478 e. The summed E-state index contributed by atoms with van der Waals surface area (Å²) in [7, 11) is 0. The van der Waals surface area contributed by atoms with E-state index in [4.69, 9.17) is 4.74 Å². The number of halogens is 3. The number of hydrogen-bond donors (Lipinski definition) is 1. The van der Waals surface area contributed by atoms with Gasteiger partial charge in [0.25, 0.3) is 0 Å². The van der Waals surface area contributed by atoms with Crippen molar-refractivity contribution in [1.82, 2.24) is 0 Å². The Hall–Kier alpha value is -1.56. The molecule has 122 valence electrons. The van der Waals surface area contributed by atoms with Crippen molar-refractivity contribution >= 4 is 5.97 Å². The molecule has 1 fully saturated rings. The van der Waals surface area contributed by atoms with Gasteiger partial charge >= 0.3 is 5.97 Å². The average Bonchev–Trinajstić information content (AvgIpc) is 2.44. The molecular weight excluding hydrogens is 297 g/mol. The third-order valence-corrected chi connectivity index (χ3v) is 4.05. The minimum atomic E-state index is -2.71. The first-order valence-corrected chi connectivity index (χ1v) is 7.35. The number of aromatic carboxylic acids is 1. The van der Waals surface area contributed by atoms with Crippen LogP contribution in [-0.2, 0) is 11.3 Å². The molecule has 0 bridgehead atoms. The number of ether oxygens (including phenoxy) is 1. The van der Waals surface area contributed by atoms with Gasteiger partial charge in [-0.2, -0.15) is 0 Å². The molecule has 0 spiro atoms. The van der Waals surface area contributed by atoms with Gasteiger partial charge in [0, 0.05) is 19.4 Å². The van der Waals surface area contributed by atoms with Gasteiger partial charge in [-0.05, 0) is 48.9 Å². The highest BCUT2D eigenvalue weighted by molar-refractivity contribution is 5.91. The Bertz CT molecular complexity index is 548. The predicted octanol–water partition coefficient (Wildman–Crippen LogP) is 4.35. The van der Waals surface area contributed by atoms with Crippen LogP contribution in [0.1, 0.15) is 60.0 Å². The second-order valence-corrected chi connectivity index (χ2v) is 5.60. The Kier molecular flexibility index (Phi) is 5.11. The molecule has 1 aromatic carbocycles. The molecule has 1 aliphatic carbocycles. The van der Waals surface area contributed by atoms with E-state index in [0.717, 1.165) is 12.1 Å². The van der Waals surface area contributed by atoms with Crippen molar-refractivity contribution in [2.45, 2.75) is 51.1 Å². The van der Waals surface area contributed by atoms with Crippen LogP contribution >= 0.6 is 0 Å². The molecule has 0 heterocycles. The van der Waals surface area contributed by atoms with Crippen molar-refractivity contribution in [1.29, 1.82) is 0 Å². The zero-order valence-electron chi connectivity index (χ0n) is 12.4. The highest BCUT2D eigenvalue weighted by Gasteiger charge is 2.37. The van der Waals surface area contributed by atoms with Gasteiger partial charge in [-0.25, -0.2) is 18.0 Å². The van der Waals surface area contributed by atoms with Crippen LogP contribution in [0.5, 0.6) is 0 Å². The minimum Gasteiger partial charge on any atom is -0.478 e. The summed E-state index contributed by atoms with van der Waals surface area (Å²) in [6.07, 6.45) is -0.280. The molecule has 1 aromatic rings. The van der Waals surface area contributed by atoms with Gasteiger partial charge in [-0.1, -0.05) is 0 Å². The molecule has 0 amide bonds. The van der Waals surface area contributed by atoms with E-state index in [9.17, 15) is 23.1 Å². The molecule has 1 N–H and O–H groups in total. The van der Waals surface area contributed by atoms with E-state index >= 15 is 0 Å². The highest BCUT2D eigenvalue weighted by Crippen LogP contribution is 2.42. The first-order chi connectivity index (χ1) is 10.3. The molecular formula is C16H19F3O3. The van der Waals surface area contributed by atoms with Crippen LogP contribution in [0.15, 0.2) is 12.1 Å². The van der Waals surface area contributed by atoms with Crippen LogP contribution in [-0.4, -0.2) is 23.6 Å². The van der Waals surface area contributed by atoms with Crippen molar-refractivity contribution < 1.29 is 27.8 Å². The summed E-state index contributed by atoms with van der Waals surface area (Å²) in [6, 6.07) is 2.30. The van der Waals surface area contributed by atoms with E-state index in [1.807, 2.05) is 0 Å². The Labute approximate surface area is 127 Å². The lowest BCUT2D eigenvalue weighted by atomic mass is 9.79. The van der Waals surface area contributed by atoms with Crippen molar-refractivity contribution in [3.63, 3.8) is 0 Å². The summed E-state index contributed by atoms with van der Waals surface area (Å²) in [4.78, 5) is 11.6. The van der Waals surface area contributed by atoms with E-state index in [-0.39, 0.29) is 49.3 Å². The summed E-state index contributed by atoms with van der Waals surface area (Å²) in [5.74, 6) is -4.81. The molecule has 6 heteroatoms. The monoisotopic (exact) mass is 316 g/mol. The van der Waals surface area contributed by atoms with Crippen molar-refractivity contribution in [3.05, 3.63) is 34.6 Å². The van der Waals surface area contributed by atoms with Gasteiger partial charge in [-0.15, -0.1) is 0 Å². The van der Waals surface area contributed by atoms with E-state index in [1.165, 1.54) is 0 Å². The quantitative estimate of drug-likeness (QED) is 0.878. The predicted molar refractivity (Wildman–Crippen MR) is 74.8 cm³/mol. The van der Waals surface area contributed by atoms with Crippen molar-refractivity contribution in [2.75, 3.05) is 6.61 Å². The smallest absolute Gasteiger partial charge is 0.336 e. The zero-order chi connectivity index (χ0) is 16.3. The van der Waals surface area contributed by atoms with Gasteiger partial charge in [0.05, 0.1) is 12.2 Å². The molecule has 0 unspecified atom stereocenters. The first kappa shape index (κ1) is 16.8. The van der Waals surface area contributed by atoms with Crippen LogP contribution < -0.4 is 0 Å². The molecule has 2 rings (SSSR count). The maximum Gasteiger partial charge on any atom is 0.336 e. The number of hydrogen-bond acceptors (Lipinski definition) is 2. The fourth-order valence-electron chi connectivity index (χ4n) is 2.95. The third-order valence-electron chi connectivity index (χ3n) is 4.05. The van der Waals surface area contributed by atoms with Gasteiger partial charge in [-0.3, -0.25) is 0 Å². The Morgan fingerprint density at radius 3 is 2.55 bits per heavy atom. The number of rotatable bonds is 5. The van der Waals surface area contributed by atoms with Crippen molar-refractivity contribution in [3.8, 4) is 0 Å². The number of benzene rings is 1. The van der Waals surface area contributed by atoms with Crippen LogP contribution in [0.2, 0.25) is 0 Å². The fourth-order valence-corrected chi connectivity index (χ4v) is 2.95. The summed E-state index contributed by atoms with van der Waals surface area (Å²) >= 11 is 0. The zero-order valence-corrected chi connectivity index (χ0v) is 12.4. The van der Waals surface area contributed by atoms with Gasteiger partial charge in [0.2, 0.25) is 5.92 Å². The molecule has 0 aliphatic heterocycles. The fraction of sp³-hybridized carbons (Fsp3) is 0.562. The number of carboxylic acid groups (broad SMARTS) is 1. The lowest BCUT2D eigenvalue weighted by molar-refractivity contribution is -0.0382. The van der Waals surface area contributed by atoms with E-state index in [1.54, 1.807) is 6.92 Å². The molecule has 22 heavy (non-hydrogen) atoms. The van der Waals surface area contributed by atoms with Crippen LogP contribution in [0, 0.1) is 5.82 Å². The topological polar surface area (TPSA) is 46.5 Å². The molecule has 0 radical (unpaired) electrons. The van der Waals surface area contributed by atoms with Crippen LogP contribution in [0.4, 0.5) is 13.2 Å². The number of carbonyl (C=O) groups is 1. The van der Waals surface area contributed by atoms with E-state index in [0.29, 0.717) is 12.2 Å². The summed E-state index contributed by atoms with van der Waals surface area (Å²) in [5.41, 5.74) is 0.546. The van der Waals surface area contributed by atoms with Gasteiger partial charge in [0.15, 0.2) is 0 Å². The van der Waals surface area contributed by atoms with Crippen LogP contribution in [0.25, 0.3) is 0 Å². The Balaban J connectivity index is 2.37. The molecule has 0 aromatic heterocycles. The maximum atomic E-state index is 13.8. The Morgan fingerprint density at radius 1 is 1.36 bits per heavy atom. The second-order valence-electron chi connectivity index (χ2n) is 5.60. The summed E-state index contributed by atoms with van der Waals surface area (Å²) < 4.78 is 45.5. The SMILES string of the molecule is CCOCc1cc(F)cc(C2CCC(F)(F)CC2)c1C(=O)O. The van der Waals surface area contributed by atoms with Gasteiger partial charge < -0.3 is 9.84 Å². The normalized spacial score (nSPS) is 18.4. The van der Waals surface area contributed by atoms with Crippen molar-refractivity contribution in [2.24, 2.45) is 0 Å². The maximum absolute atomic E-state index is 13.8. The number of carboxylic acids is 1. The lowest BCUT2D eigenvalue weighted by Crippen LogP contribution is -2.25. The Morgan fingerprint density at radius 2 is 2.00 bits per heavy atom. The summed E-state index contributed by atoms with van der Waals surface area (Å²) in [5, 5.41) is 9.44. The summed E-state index contributed by atoms with van der Waals surface area (Å²) in [6.45, 7) is 2.12. The standard InChI is InChI=1S/C16H19F3O3/c1-2-22-9-11-7-12(17)8-13(14(11)15(20)21)10-3-5-16(18,19)6-4-10/h7-8,10H,2-6,9H2,1H3,(H,20,21). The first-order valence-electron chi connectivity index (χ1n) is 7.35.